The lowest BCUT2D eigenvalue weighted by atomic mass is 9.91. The normalized spacial score (nSPS) is 21.1. The summed E-state index contributed by atoms with van der Waals surface area (Å²) in [7, 11) is 0. The van der Waals surface area contributed by atoms with Crippen LogP contribution >= 0.6 is 0 Å². The SMILES string of the molecule is Fc1cc(C#Cc2ccc3c(c2)CCc2[nH]c([C@@H]4CCCN4)nc2-3)cc2[nH]c([C@@H]3CCCN3)nc12. The Balaban J connectivity index is 1.17. The highest BCUT2D eigenvalue weighted by Gasteiger charge is 2.25. The fourth-order valence-corrected chi connectivity index (χ4v) is 5.68. The minimum atomic E-state index is -0.337. The third kappa shape index (κ3) is 3.74. The molecule has 2 aromatic carbocycles. The van der Waals surface area contributed by atoms with Crippen LogP contribution in [-0.2, 0) is 12.8 Å². The van der Waals surface area contributed by atoms with Gasteiger partial charge in [0.15, 0.2) is 5.82 Å². The number of benzene rings is 2. The Morgan fingerprint density at radius 3 is 2.37 bits per heavy atom. The van der Waals surface area contributed by atoms with E-state index in [2.05, 4.69) is 49.6 Å². The van der Waals surface area contributed by atoms with Gasteiger partial charge in [-0.1, -0.05) is 17.9 Å². The van der Waals surface area contributed by atoms with Crippen LogP contribution in [0.5, 0.6) is 0 Å². The van der Waals surface area contributed by atoms with Gasteiger partial charge in [-0.3, -0.25) is 0 Å². The minimum Gasteiger partial charge on any atom is -0.344 e. The molecule has 4 N–H and O–H groups in total. The highest BCUT2D eigenvalue weighted by molar-refractivity contribution is 5.78. The zero-order chi connectivity index (χ0) is 23.4. The van der Waals surface area contributed by atoms with Crippen LogP contribution in [0.2, 0.25) is 0 Å². The fourth-order valence-electron chi connectivity index (χ4n) is 5.68. The van der Waals surface area contributed by atoms with Gasteiger partial charge in [-0.15, -0.1) is 0 Å². The maximum atomic E-state index is 14.8. The van der Waals surface area contributed by atoms with Crippen molar-refractivity contribution in [2.75, 3.05) is 13.1 Å². The molecule has 35 heavy (non-hydrogen) atoms. The van der Waals surface area contributed by atoms with Crippen LogP contribution in [0, 0.1) is 17.7 Å². The van der Waals surface area contributed by atoms with Gasteiger partial charge >= 0.3 is 0 Å². The van der Waals surface area contributed by atoms with Gasteiger partial charge in [0.1, 0.15) is 17.2 Å². The second-order valence-corrected chi connectivity index (χ2v) is 9.85. The van der Waals surface area contributed by atoms with E-state index < -0.39 is 0 Å². The van der Waals surface area contributed by atoms with E-state index in [9.17, 15) is 4.39 Å². The molecule has 176 valence electrons. The maximum Gasteiger partial charge on any atom is 0.152 e. The smallest absolute Gasteiger partial charge is 0.152 e. The van der Waals surface area contributed by atoms with Crippen molar-refractivity contribution in [3.63, 3.8) is 0 Å². The zero-order valence-electron chi connectivity index (χ0n) is 19.5. The van der Waals surface area contributed by atoms with Crippen LogP contribution in [0.15, 0.2) is 30.3 Å². The van der Waals surface area contributed by atoms with Crippen molar-refractivity contribution in [1.82, 2.24) is 30.6 Å². The molecule has 2 aliphatic heterocycles. The molecule has 0 amide bonds. The Bertz CT molecular complexity index is 1490. The largest absolute Gasteiger partial charge is 0.344 e. The molecule has 1 aliphatic carbocycles. The minimum absolute atomic E-state index is 0.173. The molecule has 2 fully saturated rings. The quantitative estimate of drug-likeness (QED) is 0.329. The van der Waals surface area contributed by atoms with Crippen LogP contribution in [0.25, 0.3) is 22.3 Å². The molecule has 7 heteroatoms. The van der Waals surface area contributed by atoms with Crippen molar-refractivity contribution in [1.29, 1.82) is 0 Å². The van der Waals surface area contributed by atoms with Crippen LogP contribution < -0.4 is 10.6 Å². The van der Waals surface area contributed by atoms with E-state index in [0.29, 0.717) is 22.6 Å². The number of rotatable bonds is 2. The third-order valence-electron chi connectivity index (χ3n) is 7.49. The molecule has 0 spiro atoms. The van der Waals surface area contributed by atoms with Crippen molar-refractivity contribution in [3.05, 3.63) is 70.2 Å². The second kappa shape index (κ2) is 8.33. The summed E-state index contributed by atoms with van der Waals surface area (Å²) in [5.74, 6) is 7.93. The van der Waals surface area contributed by atoms with Gasteiger partial charge in [-0.2, -0.15) is 0 Å². The van der Waals surface area contributed by atoms with Crippen LogP contribution in [0.4, 0.5) is 4.39 Å². The van der Waals surface area contributed by atoms with E-state index in [0.717, 1.165) is 68.1 Å². The molecule has 0 radical (unpaired) electrons. The molecule has 7 rings (SSSR count). The average Bonchev–Trinajstić information content (AvgIpc) is 3.67. The Labute approximate surface area is 203 Å². The van der Waals surface area contributed by atoms with Crippen LogP contribution in [0.3, 0.4) is 0 Å². The fraction of sp³-hybridized carbons (Fsp3) is 0.357. The first-order valence-electron chi connectivity index (χ1n) is 12.6. The van der Waals surface area contributed by atoms with E-state index in [1.165, 1.54) is 29.3 Å². The van der Waals surface area contributed by atoms with Crippen molar-refractivity contribution < 1.29 is 4.39 Å². The van der Waals surface area contributed by atoms with E-state index in [-0.39, 0.29) is 11.9 Å². The Hall–Kier alpha value is -3.47. The molecular formula is C28H27FN6. The summed E-state index contributed by atoms with van der Waals surface area (Å²) < 4.78 is 14.8. The van der Waals surface area contributed by atoms with Gasteiger partial charge in [0.25, 0.3) is 0 Å². The number of H-pyrrole nitrogens is 2. The highest BCUT2D eigenvalue weighted by Crippen LogP contribution is 2.34. The lowest BCUT2D eigenvalue weighted by molar-refractivity contribution is 0.611. The van der Waals surface area contributed by atoms with Gasteiger partial charge < -0.3 is 20.6 Å². The van der Waals surface area contributed by atoms with Gasteiger partial charge in [0, 0.05) is 22.4 Å². The summed E-state index contributed by atoms with van der Waals surface area (Å²) in [6.07, 6.45) is 6.39. The summed E-state index contributed by atoms with van der Waals surface area (Å²) in [6, 6.07) is 10.2. The zero-order valence-corrected chi connectivity index (χ0v) is 19.5. The van der Waals surface area contributed by atoms with Crippen molar-refractivity contribution in [2.24, 2.45) is 0 Å². The van der Waals surface area contributed by atoms with Crippen molar-refractivity contribution in [3.8, 4) is 23.1 Å². The molecule has 4 heterocycles. The monoisotopic (exact) mass is 466 g/mol. The molecule has 2 saturated heterocycles. The highest BCUT2D eigenvalue weighted by atomic mass is 19.1. The standard InChI is InChI=1S/C28H27FN6/c29-20-14-17(15-24-26(20)35-28(33-24)23-4-2-12-31-23)6-5-16-7-9-19-18(13-16)8-10-21-25(19)34-27(32-21)22-3-1-11-30-22/h7,9,13-15,22-23,30-31H,1-4,8,10-12H2,(H,32,34)(H,33,35)/t22-,23-/m0/s1. The summed E-state index contributed by atoms with van der Waals surface area (Å²) in [5, 5.41) is 6.94. The first-order chi connectivity index (χ1) is 17.2. The van der Waals surface area contributed by atoms with E-state index in [4.69, 9.17) is 4.98 Å². The molecule has 0 bridgehead atoms. The lowest BCUT2D eigenvalue weighted by Gasteiger charge is -2.15. The lowest BCUT2D eigenvalue weighted by Crippen LogP contribution is -2.14. The molecule has 6 nitrogen and oxygen atoms in total. The number of imidazole rings is 2. The number of aromatic amines is 2. The average molecular weight is 467 g/mol. The predicted octanol–water partition coefficient (Wildman–Crippen LogP) is 4.44. The van der Waals surface area contributed by atoms with Crippen molar-refractivity contribution in [2.45, 2.75) is 50.6 Å². The number of nitrogens with zero attached hydrogens (tertiary/aromatic N) is 2. The molecule has 0 unspecified atom stereocenters. The first-order valence-corrected chi connectivity index (χ1v) is 12.6. The molecular weight excluding hydrogens is 439 g/mol. The summed E-state index contributed by atoms with van der Waals surface area (Å²) in [6.45, 7) is 2.03. The maximum absolute atomic E-state index is 14.8. The molecule has 0 saturated carbocycles. The first kappa shape index (κ1) is 20.9. The number of nitrogens with one attached hydrogen (secondary N) is 4. The van der Waals surface area contributed by atoms with Crippen molar-refractivity contribution >= 4 is 11.0 Å². The third-order valence-corrected chi connectivity index (χ3v) is 7.49. The topological polar surface area (TPSA) is 81.4 Å². The molecule has 2 atom stereocenters. The number of aryl methyl sites for hydroxylation is 2. The summed E-state index contributed by atoms with van der Waals surface area (Å²) in [4.78, 5) is 16.3. The Morgan fingerprint density at radius 1 is 0.829 bits per heavy atom. The van der Waals surface area contributed by atoms with E-state index in [1.54, 1.807) is 0 Å². The second-order valence-electron chi connectivity index (χ2n) is 9.85. The Morgan fingerprint density at radius 2 is 1.60 bits per heavy atom. The number of halogens is 1. The van der Waals surface area contributed by atoms with E-state index >= 15 is 0 Å². The molecule has 3 aliphatic rings. The van der Waals surface area contributed by atoms with E-state index in [1.807, 2.05) is 12.1 Å². The predicted molar refractivity (Wildman–Crippen MR) is 133 cm³/mol. The summed E-state index contributed by atoms with van der Waals surface area (Å²) in [5.41, 5.74) is 7.43. The summed E-state index contributed by atoms with van der Waals surface area (Å²) >= 11 is 0. The molecule has 4 aromatic rings. The van der Waals surface area contributed by atoms with Gasteiger partial charge in [0.05, 0.1) is 23.3 Å². The van der Waals surface area contributed by atoms with Crippen LogP contribution in [0.1, 0.15) is 71.8 Å². The van der Waals surface area contributed by atoms with Gasteiger partial charge in [-0.05, 0) is 81.4 Å². The number of fused-ring (bicyclic) bond motifs is 4. The number of hydrogen-bond donors (Lipinski definition) is 4. The molecule has 2 aromatic heterocycles. The van der Waals surface area contributed by atoms with Gasteiger partial charge in [-0.25, -0.2) is 14.4 Å². The number of hydrogen-bond acceptors (Lipinski definition) is 4. The Kier molecular flexibility index (Phi) is 4.97. The van der Waals surface area contributed by atoms with Crippen LogP contribution in [-0.4, -0.2) is 33.0 Å². The number of aromatic nitrogens is 4. The van der Waals surface area contributed by atoms with Gasteiger partial charge in [0.2, 0.25) is 0 Å².